The molecule has 0 amide bonds. The molecule has 4 rings (SSSR count). The minimum Gasteiger partial charge on any atom is -0.425 e. The van der Waals surface area contributed by atoms with Gasteiger partial charge in [0.05, 0.1) is 10.9 Å². The summed E-state index contributed by atoms with van der Waals surface area (Å²) in [5.41, 5.74) is 0.599. The maximum atomic E-state index is 12.4. The molecule has 3 heterocycles. The summed E-state index contributed by atoms with van der Waals surface area (Å²) >= 11 is 6.04. The van der Waals surface area contributed by atoms with Gasteiger partial charge in [0, 0.05) is 13.1 Å². The molecule has 1 aliphatic rings. The molecule has 1 fully saturated rings. The van der Waals surface area contributed by atoms with Gasteiger partial charge in [0.25, 0.3) is 0 Å². The monoisotopic (exact) mass is 358 g/mol. The van der Waals surface area contributed by atoms with Crippen molar-refractivity contribution in [2.75, 3.05) is 18.0 Å². The number of carbonyl (C=O) groups is 1. The van der Waals surface area contributed by atoms with Crippen LogP contribution >= 0.6 is 11.6 Å². The van der Waals surface area contributed by atoms with Crippen molar-refractivity contribution >= 4 is 29.0 Å². The summed E-state index contributed by atoms with van der Waals surface area (Å²) in [4.78, 5) is 14.5. The molecule has 1 aliphatic heterocycles. The van der Waals surface area contributed by atoms with Gasteiger partial charge in [-0.05, 0) is 47.5 Å². The van der Waals surface area contributed by atoms with Crippen LogP contribution in [0.25, 0.3) is 5.65 Å². The summed E-state index contributed by atoms with van der Waals surface area (Å²) in [5, 5.41) is 16.0. The highest BCUT2D eigenvalue weighted by Crippen LogP contribution is 2.27. The Hall–Kier alpha value is -2.74. The number of aromatic nitrogens is 5. The molecule has 0 atom stereocenters. The van der Waals surface area contributed by atoms with Crippen LogP contribution in [-0.2, 0) is 4.79 Å². The van der Waals surface area contributed by atoms with Gasteiger partial charge in [-0.15, -0.1) is 14.8 Å². The fourth-order valence-electron chi connectivity index (χ4n) is 2.87. The standard InChI is InChI=1S/C16H15ClN6O2/c17-12-3-1-2-4-13(12)25-16(24)11-7-9-22(10-8-11)15-6-5-14-18-20-21-23(14)19-15/h1-6,11H,7-10H2. The molecule has 3 aromatic rings. The van der Waals surface area contributed by atoms with Crippen molar-refractivity contribution in [2.45, 2.75) is 12.8 Å². The molecule has 1 aromatic carbocycles. The maximum absolute atomic E-state index is 12.4. The highest BCUT2D eigenvalue weighted by atomic mass is 35.5. The van der Waals surface area contributed by atoms with Crippen molar-refractivity contribution in [3.63, 3.8) is 0 Å². The zero-order valence-corrected chi connectivity index (χ0v) is 14.0. The van der Waals surface area contributed by atoms with Gasteiger partial charge in [0.1, 0.15) is 5.75 Å². The highest BCUT2D eigenvalue weighted by Gasteiger charge is 2.27. The van der Waals surface area contributed by atoms with Crippen molar-refractivity contribution < 1.29 is 9.53 Å². The van der Waals surface area contributed by atoms with E-state index in [0.29, 0.717) is 42.4 Å². The number of para-hydroxylation sites is 1. The third kappa shape index (κ3) is 3.25. The molecular formula is C16H15ClN6O2. The number of fused-ring (bicyclic) bond motifs is 1. The molecule has 1 saturated heterocycles. The first-order valence-corrected chi connectivity index (χ1v) is 8.35. The van der Waals surface area contributed by atoms with Crippen LogP contribution in [0.15, 0.2) is 36.4 Å². The first-order chi connectivity index (χ1) is 12.2. The molecule has 0 aliphatic carbocycles. The van der Waals surface area contributed by atoms with Crippen LogP contribution in [0.5, 0.6) is 5.75 Å². The topological polar surface area (TPSA) is 85.5 Å². The predicted octanol–water partition coefficient (Wildman–Crippen LogP) is 1.99. The lowest BCUT2D eigenvalue weighted by Gasteiger charge is -2.31. The van der Waals surface area contributed by atoms with Gasteiger partial charge in [-0.2, -0.15) is 0 Å². The SMILES string of the molecule is O=C(Oc1ccccc1Cl)C1CCN(c2ccc3nnnn3n2)CC1. The van der Waals surface area contributed by atoms with Gasteiger partial charge >= 0.3 is 5.97 Å². The van der Waals surface area contributed by atoms with E-state index in [1.807, 2.05) is 12.1 Å². The number of tetrazole rings is 1. The molecule has 2 aromatic heterocycles. The third-order valence-corrected chi connectivity index (χ3v) is 4.57. The largest absolute Gasteiger partial charge is 0.425 e. The molecule has 128 valence electrons. The number of hydrogen-bond donors (Lipinski definition) is 0. The zero-order valence-electron chi connectivity index (χ0n) is 13.2. The van der Waals surface area contributed by atoms with Gasteiger partial charge in [0.2, 0.25) is 0 Å². The Morgan fingerprint density at radius 3 is 2.76 bits per heavy atom. The average Bonchev–Trinajstić information content (AvgIpc) is 3.11. The average molecular weight is 359 g/mol. The highest BCUT2D eigenvalue weighted by molar-refractivity contribution is 6.32. The second-order valence-electron chi connectivity index (χ2n) is 5.83. The number of esters is 1. The van der Waals surface area contributed by atoms with E-state index < -0.39 is 0 Å². The van der Waals surface area contributed by atoms with Crippen LogP contribution < -0.4 is 9.64 Å². The summed E-state index contributed by atoms with van der Waals surface area (Å²) in [6.45, 7) is 1.42. The number of ether oxygens (including phenoxy) is 1. The Kier molecular flexibility index (Phi) is 4.19. The first-order valence-electron chi connectivity index (χ1n) is 7.97. The van der Waals surface area contributed by atoms with Crippen molar-refractivity contribution in [2.24, 2.45) is 5.92 Å². The molecule has 0 bridgehead atoms. The molecule has 25 heavy (non-hydrogen) atoms. The summed E-state index contributed by atoms with van der Waals surface area (Å²) in [7, 11) is 0. The number of piperidine rings is 1. The number of anilines is 1. The fraction of sp³-hybridized carbons (Fsp3) is 0.312. The zero-order chi connectivity index (χ0) is 17.2. The van der Waals surface area contributed by atoms with E-state index in [1.165, 1.54) is 4.63 Å². The van der Waals surface area contributed by atoms with E-state index in [1.54, 1.807) is 24.3 Å². The molecule has 9 heteroatoms. The van der Waals surface area contributed by atoms with E-state index in [4.69, 9.17) is 16.3 Å². The second-order valence-corrected chi connectivity index (χ2v) is 6.24. The Balaban J connectivity index is 1.39. The molecular weight excluding hydrogens is 344 g/mol. The normalized spacial score (nSPS) is 15.5. The molecule has 0 spiro atoms. The van der Waals surface area contributed by atoms with Gasteiger partial charge in [-0.25, -0.2) is 0 Å². The van der Waals surface area contributed by atoms with Crippen LogP contribution in [0.1, 0.15) is 12.8 Å². The number of carbonyl (C=O) groups excluding carboxylic acids is 1. The molecule has 0 N–H and O–H groups in total. The van der Waals surface area contributed by atoms with Gasteiger partial charge in [0.15, 0.2) is 11.5 Å². The number of halogens is 1. The molecule has 8 nitrogen and oxygen atoms in total. The number of rotatable bonds is 3. The minimum atomic E-state index is -0.239. The fourth-order valence-corrected chi connectivity index (χ4v) is 3.05. The quantitative estimate of drug-likeness (QED) is 0.522. The van der Waals surface area contributed by atoms with E-state index >= 15 is 0 Å². The first kappa shape index (κ1) is 15.8. The summed E-state index contributed by atoms with van der Waals surface area (Å²) < 4.78 is 6.83. The minimum absolute atomic E-state index is 0.149. The van der Waals surface area contributed by atoms with Crippen LogP contribution in [0, 0.1) is 5.92 Å². The summed E-state index contributed by atoms with van der Waals surface area (Å²) in [5.74, 6) is 0.807. The smallest absolute Gasteiger partial charge is 0.314 e. The maximum Gasteiger partial charge on any atom is 0.314 e. The van der Waals surface area contributed by atoms with Crippen LogP contribution in [0.3, 0.4) is 0 Å². The Morgan fingerprint density at radius 1 is 1.16 bits per heavy atom. The van der Waals surface area contributed by atoms with E-state index in [9.17, 15) is 4.79 Å². The number of nitrogens with zero attached hydrogens (tertiary/aromatic N) is 6. The second kappa shape index (κ2) is 6.64. The van der Waals surface area contributed by atoms with E-state index in [-0.39, 0.29) is 11.9 Å². The van der Waals surface area contributed by atoms with E-state index in [0.717, 1.165) is 5.82 Å². The summed E-state index contributed by atoms with van der Waals surface area (Å²) in [6, 6.07) is 10.7. The predicted molar refractivity (Wildman–Crippen MR) is 90.6 cm³/mol. The van der Waals surface area contributed by atoms with Crippen LogP contribution in [0.2, 0.25) is 5.02 Å². The van der Waals surface area contributed by atoms with Crippen LogP contribution in [0.4, 0.5) is 5.82 Å². The lowest BCUT2D eigenvalue weighted by atomic mass is 9.97. The molecule has 0 radical (unpaired) electrons. The Bertz CT molecular complexity index is 906. The summed E-state index contributed by atoms with van der Waals surface area (Å²) in [6.07, 6.45) is 1.39. The van der Waals surface area contributed by atoms with Gasteiger partial charge in [-0.1, -0.05) is 23.7 Å². The third-order valence-electron chi connectivity index (χ3n) is 4.25. The molecule has 0 saturated carbocycles. The lowest BCUT2D eigenvalue weighted by Crippen LogP contribution is -2.38. The number of benzene rings is 1. The van der Waals surface area contributed by atoms with E-state index in [2.05, 4.69) is 25.5 Å². The Morgan fingerprint density at radius 2 is 1.96 bits per heavy atom. The molecule has 0 unspecified atom stereocenters. The van der Waals surface area contributed by atoms with Crippen molar-refractivity contribution in [3.8, 4) is 5.75 Å². The van der Waals surface area contributed by atoms with Crippen molar-refractivity contribution in [3.05, 3.63) is 41.4 Å². The van der Waals surface area contributed by atoms with Crippen molar-refractivity contribution in [1.82, 2.24) is 25.3 Å². The van der Waals surface area contributed by atoms with Crippen LogP contribution in [-0.4, -0.2) is 44.3 Å². The van der Waals surface area contributed by atoms with Gasteiger partial charge in [-0.3, -0.25) is 4.79 Å². The lowest BCUT2D eigenvalue weighted by molar-refractivity contribution is -0.139. The van der Waals surface area contributed by atoms with Gasteiger partial charge < -0.3 is 9.64 Å². The Labute approximate surface area is 148 Å². The number of hydrogen-bond acceptors (Lipinski definition) is 7. The van der Waals surface area contributed by atoms with Crippen molar-refractivity contribution in [1.29, 1.82) is 0 Å².